The second-order valence-electron chi connectivity index (χ2n) is 5.82. The SMILES string of the molecule is Cc1nc([C@H]2CN(C(=O)[C@H](C)Oc3ccc(C#N)cc3)CCO2)n[nH]1. The summed E-state index contributed by atoms with van der Waals surface area (Å²) in [6.45, 7) is 4.84. The Hall–Kier alpha value is -2.92. The van der Waals surface area contributed by atoms with Gasteiger partial charge < -0.3 is 14.4 Å². The normalized spacial score (nSPS) is 18.4. The fourth-order valence-corrected chi connectivity index (χ4v) is 2.63. The van der Waals surface area contributed by atoms with Crippen molar-refractivity contribution >= 4 is 5.91 Å². The molecule has 0 unspecified atom stereocenters. The van der Waals surface area contributed by atoms with Crippen molar-refractivity contribution in [1.29, 1.82) is 5.26 Å². The molecule has 1 aliphatic heterocycles. The van der Waals surface area contributed by atoms with Crippen molar-refractivity contribution in [1.82, 2.24) is 20.1 Å². The van der Waals surface area contributed by atoms with E-state index in [0.717, 1.165) is 0 Å². The van der Waals surface area contributed by atoms with Gasteiger partial charge in [-0.3, -0.25) is 9.89 Å². The van der Waals surface area contributed by atoms with E-state index in [1.165, 1.54) is 0 Å². The average molecular weight is 341 g/mol. The van der Waals surface area contributed by atoms with Crippen LogP contribution in [0.2, 0.25) is 0 Å². The second-order valence-corrected chi connectivity index (χ2v) is 5.82. The quantitative estimate of drug-likeness (QED) is 0.900. The number of hydrogen-bond acceptors (Lipinski definition) is 6. The van der Waals surface area contributed by atoms with Crippen LogP contribution in [0.3, 0.4) is 0 Å². The minimum Gasteiger partial charge on any atom is -0.481 e. The van der Waals surface area contributed by atoms with Gasteiger partial charge in [0.15, 0.2) is 11.9 Å². The van der Waals surface area contributed by atoms with Crippen molar-refractivity contribution in [2.45, 2.75) is 26.1 Å². The number of nitrogens with one attached hydrogen (secondary N) is 1. The Morgan fingerprint density at radius 2 is 2.24 bits per heavy atom. The van der Waals surface area contributed by atoms with Gasteiger partial charge in [-0.15, -0.1) is 0 Å². The molecule has 1 aliphatic rings. The van der Waals surface area contributed by atoms with Crippen LogP contribution >= 0.6 is 0 Å². The Balaban J connectivity index is 1.61. The Morgan fingerprint density at radius 1 is 1.48 bits per heavy atom. The number of ether oxygens (including phenoxy) is 2. The van der Waals surface area contributed by atoms with E-state index in [1.54, 1.807) is 36.1 Å². The summed E-state index contributed by atoms with van der Waals surface area (Å²) in [5.74, 6) is 1.69. The van der Waals surface area contributed by atoms with Crippen molar-refractivity contribution in [2.24, 2.45) is 0 Å². The number of rotatable bonds is 4. The van der Waals surface area contributed by atoms with E-state index in [4.69, 9.17) is 14.7 Å². The number of nitriles is 1. The molecule has 2 aromatic rings. The van der Waals surface area contributed by atoms with Crippen LogP contribution in [0.25, 0.3) is 0 Å². The first-order chi connectivity index (χ1) is 12.1. The summed E-state index contributed by atoms with van der Waals surface area (Å²) < 4.78 is 11.4. The van der Waals surface area contributed by atoms with Crippen LogP contribution < -0.4 is 4.74 Å². The van der Waals surface area contributed by atoms with Crippen LogP contribution in [0.5, 0.6) is 5.75 Å². The largest absolute Gasteiger partial charge is 0.481 e. The molecule has 2 atom stereocenters. The number of benzene rings is 1. The molecule has 8 nitrogen and oxygen atoms in total. The third-order valence-electron chi connectivity index (χ3n) is 3.92. The minimum absolute atomic E-state index is 0.120. The first-order valence-corrected chi connectivity index (χ1v) is 8.03. The molecule has 1 aromatic heterocycles. The van der Waals surface area contributed by atoms with E-state index < -0.39 is 6.10 Å². The number of aromatic amines is 1. The fourth-order valence-electron chi connectivity index (χ4n) is 2.63. The number of aryl methyl sites for hydroxylation is 1. The standard InChI is InChI=1S/C17H19N5O3/c1-11(25-14-5-3-13(9-18)4-6-14)17(23)22-7-8-24-15(10-22)16-19-12(2)20-21-16/h3-6,11,15H,7-8,10H2,1-2H3,(H,19,20,21)/t11-,15+/m0/s1. The number of amides is 1. The number of hydrogen-bond donors (Lipinski definition) is 1. The van der Waals surface area contributed by atoms with Crippen LogP contribution in [0.1, 0.15) is 30.2 Å². The van der Waals surface area contributed by atoms with Crippen LogP contribution in [0.4, 0.5) is 0 Å². The molecule has 3 rings (SSSR count). The second kappa shape index (κ2) is 7.32. The molecule has 130 valence electrons. The van der Waals surface area contributed by atoms with Crippen LogP contribution in [-0.4, -0.2) is 51.8 Å². The summed E-state index contributed by atoms with van der Waals surface area (Å²) in [7, 11) is 0. The lowest BCUT2D eigenvalue weighted by atomic mass is 10.2. The molecule has 1 N–H and O–H groups in total. The number of aromatic nitrogens is 3. The molecule has 1 amide bonds. The molecule has 0 bridgehead atoms. The highest BCUT2D eigenvalue weighted by Gasteiger charge is 2.30. The summed E-state index contributed by atoms with van der Waals surface area (Å²) in [5, 5.41) is 15.7. The van der Waals surface area contributed by atoms with Gasteiger partial charge in [-0.1, -0.05) is 0 Å². The van der Waals surface area contributed by atoms with Crippen molar-refractivity contribution in [3.05, 3.63) is 41.5 Å². The third kappa shape index (κ3) is 3.95. The predicted octanol–water partition coefficient (Wildman–Crippen LogP) is 1.35. The van der Waals surface area contributed by atoms with Gasteiger partial charge in [-0.2, -0.15) is 10.4 Å². The maximum atomic E-state index is 12.7. The van der Waals surface area contributed by atoms with Crippen molar-refractivity contribution < 1.29 is 14.3 Å². The van der Waals surface area contributed by atoms with Gasteiger partial charge in [0.25, 0.3) is 5.91 Å². The summed E-state index contributed by atoms with van der Waals surface area (Å²) >= 11 is 0. The lowest BCUT2D eigenvalue weighted by molar-refractivity contribution is -0.146. The Morgan fingerprint density at radius 3 is 2.88 bits per heavy atom. The molecule has 1 fully saturated rings. The molecule has 0 saturated carbocycles. The van der Waals surface area contributed by atoms with Crippen molar-refractivity contribution in [3.63, 3.8) is 0 Å². The molecule has 25 heavy (non-hydrogen) atoms. The van der Waals surface area contributed by atoms with E-state index in [0.29, 0.717) is 42.7 Å². The number of nitrogens with zero attached hydrogens (tertiary/aromatic N) is 4. The number of H-pyrrole nitrogens is 1. The first-order valence-electron chi connectivity index (χ1n) is 8.03. The lowest BCUT2D eigenvalue weighted by Crippen LogP contribution is -2.47. The minimum atomic E-state index is -0.638. The highest BCUT2D eigenvalue weighted by atomic mass is 16.5. The number of carbonyl (C=O) groups excluding carboxylic acids is 1. The van der Waals surface area contributed by atoms with Gasteiger partial charge in [0.1, 0.15) is 17.7 Å². The van der Waals surface area contributed by atoms with Gasteiger partial charge in [0, 0.05) is 6.54 Å². The Labute approximate surface area is 145 Å². The molecule has 0 radical (unpaired) electrons. The molecule has 0 spiro atoms. The van der Waals surface area contributed by atoms with E-state index in [1.807, 2.05) is 13.0 Å². The lowest BCUT2D eigenvalue weighted by Gasteiger charge is -2.33. The van der Waals surface area contributed by atoms with Crippen LogP contribution in [0.15, 0.2) is 24.3 Å². The van der Waals surface area contributed by atoms with E-state index in [-0.39, 0.29) is 12.0 Å². The molecule has 0 aliphatic carbocycles. The summed E-state index contributed by atoms with van der Waals surface area (Å²) in [5.41, 5.74) is 0.546. The van der Waals surface area contributed by atoms with E-state index >= 15 is 0 Å². The summed E-state index contributed by atoms with van der Waals surface area (Å²) in [6.07, 6.45) is -0.981. The van der Waals surface area contributed by atoms with Gasteiger partial charge in [0.2, 0.25) is 0 Å². The predicted molar refractivity (Wildman–Crippen MR) is 87.6 cm³/mol. The monoisotopic (exact) mass is 341 g/mol. The fraction of sp³-hybridized carbons (Fsp3) is 0.412. The maximum absolute atomic E-state index is 12.7. The Bertz CT molecular complexity index is 780. The van der Waals surface area contributed by atoms with Crippen molar-refractivity contribution in [2.75, 3.05) is 19.7 Å². The molecular weight excluding hydrogens is 322 g/mol. The van der Waals surface area contributed by atoms with E-state index in [9.17, 15) is 4.79 Å². The maximum Gasteiger partial charge on any atom is 0.263 e. The molecule has 8 heteroatoms. The summed E-state index contributed by atoms with van der Waals surface area (Å²) in [4.78, 5) is 18.6. The van der Waals surface area contributed by atoms with Gasteiger partial charge in [0.05, 0.1) is 24.8 Å². The van der Waals surface area contributed by atoms with Gasteiger partial charge in [-0.25, -0.2) is 4.98 Å². The van der Waals surface area contributed by atoms with Crippen LogP contribution in [0, 0.1) is 18.3 Å². The zero-order valence-electron chi connectivity index (χ0n) is 14.1. The highest BCUT2D eigenvalue weighted by Crippen LogP contribution is 2.21. The summed E-state index contributed by atoms with van der Waals surface area (Å²) in [6, 6.07) is 8.72. The highest BCUT2D eigenvalue weighted by molar-refractivity contribution is 5.81. The third-order valence-corrected chi connectivity index (χ3v) is 3.92. The van der Waals surface area contributed by atoms with E-state index in [2.05, 4.69) is 15.2 Å². The Kier molecular flexibility index (Phi) is 4.95. The zero-order valence-corrected chi connectivity index (χ0v) is 14.1. The topological polar surface area (TPSA) is 104 Å². The molecule has 1 aromatic carbocycles. The molecule has 2 heterocycles. The van der Waals surface area contributed by atoms with Gasteiger partial charge in [-0.05, 0) is 38.1 Å². The number of carbonyl (C=O) groups is 1. The molecule has 1 saturated heterocycles. The average Bonchev–Trinajstić information content (AvgIpc) is 3.08. The first kappa shape index (κ1) is 16.9. The van der Waals surface area contributed by atoms with Crippen LogP contribution in [-0.2, 0) is 9.53 Å². The van der Waals surface area contributed by atoms with Gasteiger partial charge >= 0.3 is 0 Å². The van der Waals surface area contributed by atoms with Crippen molar-refractivity contribution in [3.8, 4) is 11.8 Å². The molecular formula is C17H19N5O3. The number of morpholine rings is 1. The zero-order chi connectivity index (χ0) is 17.8. The smallest absolute Gasteiger partial charge is 0.263 e.